The monoisotopic (exact) mass is 347 g/mol. The Morgan fingerprint density at radius 2 is 1.21 bits per heavy atom. The fourth-order valence-corrected chi connectivity index (χ4v) is 3.58. The number of benzene rings is 3. The minimum atomic E-state index is 0.963. The Labute approximate surface area is 151 Å². The molecule has 0 saturated carbocycles. The molecule has 0 amide bonds. The third-order valence-corrected chi connectivity index (χ3v) is 4.88. The van der Waals surface area contributed by atoms with E-state index in [-0.39, 0.29) is 0 Å². The molecular formula is C21H17NS2. The Hall–Kier alpha value is -2.23. The van der Waals surface area contributed by atoms with Gasteiger partial charge in [0, 0.05) is 9.79 Å². The lowest BCUT2D eigenvalue weighted by Gasteiger charge is -2.02. The molecule has 0 heterocycles. The minimum Gasteiger partial charge on any atom is -0.242 e. The van der Waals surface area contributed by atoms with Crippen molar-refractivity contribution < 1.29 is 0 Å². The van der Waals surface area contributed by atoms with Gasteiger partial charge in [-0.15, -0.1) is 0 Å². The molecule has 0 bridgehead atoms. The summed E-state index contributed by atoms with van der Waals surface area (Å²) in [5.74, 6) is 0. The zero-order valence-electron chi connectivity index (χ0n) is 13.1. The second-order valence-electron chi connectivity index (χ2n) is 4.93. The van der Waals surface area contributed by atoms with Crippen molar-refractivity contribution in [2.24, 2.45) is 4.99 Å². The van der Waals surface area contributed by atoms with E-state index in [1.807, 2.05) is 66.7 Å². The maximum absolute atomic E-state index is 4.76. The van der Waals surface area contributed by atoms with Gasteiger partial charge >= 0.3 is 0 Å². The number of hydrogen-bond acceptors (Lipinski definition) is 3. The molecule has 3 aromatic rings. The highest BCUT2D eigenvalue weighted by Crippen LogP contribution is 2.25. The van der Waals surface area contributed by atoms with Crippen molar-refractivity contribution in [1.82, 2.24) is 0 Å². The second kappa shape index (κ2) is 9.16. The van der Waals surface area contributed by atoms with Gasteiger partial charge in [0.2, 0.25) is 0 Å². The second-order valence-corrected chi connectivity index (χ2v) is 7.01. The molecule has 0 aliphatic rings. The van der Waals surface area contributed by atoms with Crippen LogP contribution < -0.4 is 0 Å². The molecular weight excluding hydrogens is 330 g/mol. The van der Waals surface area contributed by atoms with Crippen LogP contribution in [-0.4, -0.2) is 5.04 Å². The molecule has 0 radical (unpaired) electrons. The summed E-state index contributed by atoms with van der Waals surface area (Å²) in [6.45, 7) is 0. The molecule has 0 atom stereocenters. The van der Waals surface area contributed by atoms with Crippen LogP contribution in [0.2, 0.25) is 0 Å². The van der Waals surface area contributed by atoms with Crippen LogP contribution in [0.25, 0.3) is 0 Å². The first kappa shape index (κ1) is 16.6. The average Bonchev–Trinajstić information content (AvgIpc) is 2.64. The van der Waals surface area contributed by atoms with Crippen LogP contribution in [0.3, 0.4) is 0 Å². The summed E-state index contributed by atoms with van der Waals surface area (Å²) in [5.41, 5.74) is 0.963. The van der Waals surface area contributed by atoms with Gasteiger partial charge in [-0.25, -0.2) is 4.99 Å². The molecule has 0 aliphatic heterocycles. The Balaban J connectivity index is 1.78. The highest BCUT2D eigenvalue weighted by atomic mass is 32.2. The van der Waals surface area contributed by atoms with Crippen molar-refractivity contribution in [1.29, 1.82) is 0 Å². The fourth-order valence-electron chi connectivity index (χ4n) is 2.00. The van der Waals surface area contributed by atoms with E-state index in [0.717, 1.165) is 10.7 Å². The van der Waals surface area contributed by atoms with E-state index in [1.165, 1.54) is 9.79 Å². The Morgan fingerprint density at radius 3 is 1.83 bits per heavy atom. The maximum atomic E-state index is 4.76. The van der Waals surface area contributed by atoms with E-state index in [2.05, 4.69) is 35.7 Å². The van der Waals surface area contributed by atoms with Crippen molar-refractivity contribution in [3.8, 4) is 0 Å². The molecule has 3 aromatic carbocycles. The van der Waals surface area contributed by atoms with Crippen LogP contribution in [0.1, 0.15) is 0 Å². The van der Waals surface area contributed by atoms with Crippen molar-refractivity contribution in [3.05, 3.63) is 102 Å². The molecule has 118 valence electrons. The summed E-state index contributed by atoms with van der Waals surface area (Å²) < 4.78 is 0. The number of hydrogen-bond donors (Lipinski definition) is 0. The van der Waals surface area contributed by atoms with Gasteiger partial charge in [0.25, 0.3) is 0 Å². The fraction of sp³-hybridized carbons (Fsp3) is 0. The van der Waals surface area contributed by atoms with E-state index in [9.17, 15) is 0 Å². The highest BCUT2D eigenvalue weighted by Gasteiger charge is 2.00. The molecule has 0 N–H and O–H groups in total. The predicted octanol–water partition coefficient (Wildman–Crippen LogP) is 6.81. The van der Waals surface area contributed by atoms with Crippen LogP contribution in [0.5, 0.6) is 0 Å². The molecule has 3 rings (SSSR count). The van der Waals surface area contributed by atoms with Gasteiger partial charge in [0.15, 0.2) is 0 Å². The third kappa shape index (κ3) is 5.44. The lowest BCUT2D eigenvalue weighted by atomic mass is 10.3. The zero-order valence-corrected chi connectivity index (χ0v) is 14.7. The van der Waals surface area contributed by atoms with E-state index < -0.39 is 0 Å². The summed E-state index contributed by atoms with van der Waals surface area (Å²) in [6, 6.07) is 30.7. The smallest absolute Gasteiger partial charge is 0.102 e. The summed E-state index contributed by atoms with van der Waals surface area (Å²) in [6.07, 6.45) is 2.07. The summed E-state index contributed by atoms with van der Waals surface area (Å²) in [7, 11) is 0. The number of rotatable bonds is 5. The van der Waals surface area contributed by atoms with Crippen molar-refractivity contribution >= 4 is 34.3 Å². The standard InChI is InChI=1S/C21H17NS2/c1-4-10-18(11-5-1)22-21(24-20-14-8-3-9-15-20)16-17-23-19-12-6-2-7-13-19/h1-17H/b17-16+,22-21+. The normalized spacial score (nSPS) is 11.8. The number of thioether (sulfide) groups is 2. The molecule has 0 aliphatic carbocycles. The Kier molecular flexibility index (Phi) is 6.34. The van der Waals surface area contributed by atoms with Gasteiger partial charge in [-0.3, -0.25) is 0 Å². The van der Waals surface area contributed by atoms with E-state index in [1.54, 1.807) is 23.5 Å². The van der Waals surface area contributed by atoms with Gasteiger partial charge in [0.1, 0.15) is 5.04 Å². The molecule has 1 nitrogen and oxygen atoms in total. The number of para-hydroxylation sites is 1. The summed E-state index contributed by atoms with van der Waals surface area (Å²) >= 11 is 3.36. The van der Waals surface area contributed by atoms with Gasteiger partial charge < -0.3 is 0 Å². The first-order valence-electron chi connectivity index (χ1n) is 7.65. The Morgan fingerprint density at radius 1 is 0.667 bits per heavy atom. The van der Waals surface area contributed by atoms with Gasteiger partial charge in [-0.05, 0) is 47.9 Å². The molecule has 0 aromatic heterocycles. The largest absolute Gasteiger partial charge is 0.242 e. The van der Waals surface area contributed by atoms with E-state index in [0.29, 0.717) is 0 Å². The van der Waals surface area contributed by atoms with Crippen LogP contribution in [0.15, 0.2) is 117 Å². The number of aliphatic imine (C=N–C) groups is 1. The first-order valence-corrected chi connectivity index (χ1v) is 9.35. The molecule has 0 fully saturated rings. The molecule has 0 unspecified atom stereocenters. The Bertz CT molecular complexity index is 797. The van der Waals surface area contributed by atoms with Crippen LogP contribution >= 0.6 is 23.5 Å². The highest BCUT2D eigenvalue weighted by molar-refractivity contribution is 8.14. The SMILES string of the molecule is C(=C\C(=N/c1ccccc1)Sc1ccccc1)/Sc1ccccc1. The van der Waals surface area contributed by atoms with Crippen molar-refractivity contribution in [2.45, 2.75) is 9.79 Å². The minimum absolute atomic E-state index is 0.963. The topological polar surface area (TPSA) is 12.4 Å². The number of nitrogens with zero attached hydrogens (tertiary/aromatic N) is 1. The maximum Gasteiger partial charge on any atom is 0.102 e. The van der Waals surface area contributed by atoms with E-state index in [4.69, 9.17) is 4.99 Å². The van der Waals surface area contributed by atoms with Crippen LogP contribution in [0.4, 0.5) is 5.69 Å². The molecule has 0 saturated heterocycles. The van der Waals surface area contributed by atoms with Crippen LogP contribution in [-0.2, 0) is 0 Å². The average molecular weight is 348 g/mol. The summed E-state index contributed by atoms with van der Waals surface area (Å²) in [5, 5.41) is 3.06. The van der Waals surface area contributed by atoms with Crippen molar-refractivity contribution in [2.75, 3.05) is 0 Å². The predicted molar refractivity (Wildman–Crippen MR) is 107 cm³/mol. The summed E-state index contributed by atoms with van der Waals surface area (Å²) in [4.78, 5) is 7.17. The van der Waals surface area contributed by atoms with Crippen LogP contribution in [0, 0.1) is 0 Å². The van der Waals surface area contributed by atoms with Gasteiger partial charge in [0.05, 0.1) is 5.69 Å². The quantitative estimate of drug-likeness (QED) is 0.285. The van der Waals surface area contributed by atoms with E-state index >= 15 is 0 Å². The molecule has 24 heavy (non-hydrogen) atoms. The lowest BCUT2D eigenvalue weighted by Crippen LogP contribution is -1.86. The first-order chi connectivity index (χ1) is 11.9. The molecule has 3 heteroatoms. The lowest BCUT2D eigenvalue weighted by molar-refractivity contribution is 1.47. The van der Waals surface area contributed by atoms with Crippen molar-refractivity contribution in [3.63, 3.8) is 0 Å². The van der Waals surface area contributed by atoms with Gasteiger partial charge in [-0.1, -0.05) is 78.1 Å². The molecule has 0 spiro atoms. The van der Waals surface area contributed by atoms with Gasteiger partial charge in [-0.2, -0.15) is 0 Å². The zero-order chi connectivity index (χ0) is 16.5. The third-order valence-electron chi connectivity index (χ3n) is 3.12.